The minimum atomic E-state index is -0.206. The van der Waals surface area contributed by atoms with Gasteiger partial charge in [0.15, 0.2) is 0 Å². The summed E-state index contributed by atoms with van der Waals surface area (Å²) < 4.78 is 0. The standard InChI is InChI=1S/C12H11Cl2N3O/c1-7(9-5-15-16-6-9)17-12(18)8-2-3-10(13)11(14)4-8/h2-7H,1H3,(H,15,16)(H,17,18). The molecule has 94 valence electrons. The summed E-state index contributed by atoms with van der Waals surface area (Å²) in [7, 11) is 0. The summed E-state index contributed by atoms with van der Waals surface area (Å²) in [5.41, 5.74) is 1.38. The Bertz CT molecular complexity index is 554. The van der Waals surface area contributed by atoms with E-state index >= 15 is 0 Å². The second-order valence-electron chi connectivity index (χ2n) is 3.86. The van der Waals surface area contributed by atoms with Crippen molar-refractivity contribution in [1.82, 2.24) is 15.5 Å². The number of nitrogens with one attached hydrogen (secondary N) is 2. The van der Waals surface area contributed by atoms with Gasteiger partial charge in [-0.2, -0.15) is 5.10 Å². The number of halogens is 2. The fourth-order valence-electron chi connectivity index (χ4n) is 1.50. The normalized spacial score (nSPS) is 12.2. The highest BCUT2D eigenvalue weighted by atomic mass is 35.5. The van der Waals surface area contributed by atoms with Crippen molar-refractivity contribution in [2.24, 2.45) is 0 Å². The lowest BCUT2D eigenvalue weighted by molar-refractivity contribution is 0.0940. The Hall–Kier alpha value is -1.52. The topological polar surface area (TPSA) is 57.8 Å². The molecule has 2 N–H and O–H groups in total. The van der Waals surface area contributed by atoms with Crippen molar-refractivity contribution in [1.29, 1.82) is 0 Å². The molecule has 0 bridgehead atoms. The molecule has 18 heavy (non-hydrogen) atoms. The fourth-order valence-corrected chi connectivity index (χ4v) is 1.80. The van der Waals surface area contributed by atoms with E-state index < -0.39 is 0 Å². The molecule has 0 saturated heterocycles. The molecule has 2 rings (SSSR count). The molecule has 4 nitrogen and oxygen atoms in total. The smallest absolute Gasteiger partial charge is 0.251 e. The maximum atomic E-state index is 12.0. The molecule has 0 aliphatic rings. The molecule has 6 heteroatoms. The number of aromatic amines is 1. The van der Waals surface area contributed by atoms with Crippen LogP contribution in [0.15, 0.2) is 30.6 Å². The van der Waals surface area contributed by atoms with Crippen LogP contribution >= 0.6 is 23.2 Å². The van der Waals surface area contributed by atoms with E-state index in [0.29, 0.717) is 15.6 Å². The molecule has 0 fully saturated rings. The van der Waals surface area contributed by atoms with Crippen LogP contribution in [0.3, 0.4) is 0 Å². The van der Waals surface area contributed by atoms with E-state index in [1.54, 1.807) is 30.6 Å². The molecule has 1 aromatic carbocycles. The largest absolute Gasteiger partial charge is 0.345 e. The molecule has 0 saturated carbocycles. The number of nitrogens with zero attached hydrogens (tertiary/aromatic N) is 1. The maximum absolute atomic E-state index is 12.0. The number of H-pyrrole nitrogens is 1. The van der Waals surface area contributed by atoms with Crippen molar-refractivity contribution in [2.45, 2.75) is 13.0 Å². The van der Waals surface area contributed by atoms with Crippen LogP contribution in [0.4, 0.5) is 0 Å². The van der Waals surface area contributed by atoms with Crippen molar-refractivity contribution in [3.05, 3.63) is 51.8 Å². The van der Waals surface area contributed by atoms with E-state index in [1.807, 2.05) is 6.92 Å². The van der Waals surface area contributed by atoms with E-state index in [9.17, 15) is 4.79 Å². The minimum Gasteiger partial charge on any atom is -0.345 e. The molecule has 1 unspecified atom stereocenters. The predicted molar refractivity (Wildman–Crippen MR) is 70.9 cm³/mol. The zero-order valence-corrected chi connectivity index (χ0v) is 11.1. The van der Waals surface area contributed by atoms with Gasteiger partial charge in [0.2, 0.25) is 0 Å². The molecular weight excluding hydrogens is 273 g/mol. The third-order valence-corrected chi connectivity index (χ3v) is 3.29. The summed E-state index contributed by atoms with van der Waals surface area (Å²) in [6.45, 7) is 1.88. The van der Waals surface area contributed by atoms with Gasteiger partial charge in [-0.25, -0.2) is 0 Å². The van der Waals surface area contributed by atoms with Crippen LogP contribution in [0, 0.1) is 0 Å². The van der Waals surface area contributed by atoms with Crippen LogP contribution in [0.1, 0.15) is 28.9 Å². The Morgan fingerprint density at radius 2 is 2.17 bits per heavy atom. The third kappa shape index (κ3) is 2.83. The van der Waals surface area contributed by atoms with Gasteiger partial charge in [-0.05, 0) is 25.1 Å². The Kier molecular flexibility index (Phi) is 3.89. The van der Waals surface area contributed by atoms with Gasteiger partial charge in [0.05, 0.1) is 22.3 Å². The molecule has 0 aliphatic carbocycles. The van der Waals surface area contributed by atoms with Crippen LogP contribution in [0.25, 0.3) is 0 Å². The Morgan fingerprint density at radius 1 is 1.39 bits per heavy atom. The first kappa shape index (κ1) is 12.9. The summed E-state index contributed by atoms with van der Waals surface area (Å²) >= 11 is 11.7. The van der Waals surface area contributed by atoms with E-state index in [1.165, 1.54) is 0 Å². The van der Waals surface area contributed by atoms with Crippen LogP contribution in [0.2, 0.25) is 10.0 Å². The summed E-state index contributed by atoms with van der Waals surface area (Å²) in [5, 5.41) is 10.2. The highest BCUT2D eigenvalue weighted by Crippen LogP contribution is 2.23. The first-order chi connectivity index (χ1) is 8.58. The van der Waals surface area contributed by atoms with Gasteiger partial charge in [0.25, 0.3) is 5.91 Å². The van der Waals surface area contributed by atoms with E-state index in [-0.39, 0.29) is 11.9 Å². The number of carbonyl (C=O) groups is 1. The van der Waals surface area contributed by atoms with Gasteiger partial charge < -0.3 is 5.32 Å². The molecule has 0 radical (unpaired) electrons. The quantitative estimate of drug-likeness (QED) is 0.909. The van der Waals surface area contributed by atoms with Crippen molar-refractivity contribution >= 4 is 29.1 Å². The lowest BCUT2D eigenvalue weighted by Crippen LogP contribution is -2.26. The number of hydrogen-bond acceptors (Lipinski definition) is 2. The van der Waals surface area contributed by atoms with E-state index in [2.05, 4.69) is 15.5 Å². The minimum absolute atomic E-state index is 0.134. The Balaban J connectivity index is 2.10. The van der Waals surface area contributed by atoms with Crippen molar-refractivity contribution in [2.75, 3.05) is 0 Å². The van der Waals surface area contributed by atoms with Crippen molar-refractivity contribution in [3.8, 4) is 0 Å². The maximum Gasteiger partial charge on any atom is 0.251 e. The first-order valence-electron chi connectivity index (χ1n) is 5.32. The summed E-state index contributed by atoms with van der Waals surface area (Å²) in [4.78, 5) is 12.0. The molecule has 2 aromatic rings. The highest BCUT2D eigenvalue weighted by molar-refractivity contribution is 6.42. The van der Waals surface area contributed by atoms with Crippen LogP contribution in [-0.4, -0.2) is 16.1 Å². The van der Waals surface area contributed by atoms with Gasteiger partial charge >= 0.3 is 0 Å². The van der Waals surface area contributed by atoms with Crippen LogP contribution in [0.5, 0.6) is 0 Å². The zero-order chi connectivity index (χ0) is 13.1. The average molecular weight is 284 g/mol. The molecular formula is C12H11Cl2N3O. The number of aromatic nitrogens is 2. The summed E-state index contributed by atoms with van der Waals surface area (Å²) in [6, 6.07) is 4.64. The summed E-state index contributed by atoms with van der Waals surface area (Å²) in [5.74, 6) is -0.206. The number of rotatable bonds is 3. The SMILES string of the molecule is CC(NC(=O)c1ccc(Cl)c(Cl)c1)c1cn[nH]c1. The first-order valence-corrected chi connectivity index (χ1v) is 6.08. The molecule has 0 aliphatic heterocycles. The predicted octanol–water partition coefficient (Wildman–Crippen LogP) is 3.21. The van der Waals surface area contributed by atoms with E-state index in [4.69, 9.17) is 23.2 Å². The Morgan fingerprint density at radius 3 is 2.78 bits per heavy atom. The van der Waals surface area contributed by atoms with Gasteiger partial charge in [0.1, 0.15) is 0 Å². The lowest BCUT2D eigenvalue weighted by atomic mass is 10.1. The molecule has 1 heterocycles. The van der Waals surface area contributed by atoms with Gasteiger partial charge in [0, 0.05) is 17.3 Å². The Labute approximate surface area is 114 Å². The van der Waals surface area contributed by atoms with Crippen LogP contribution < -0.4 is 5.32 Å². The fraction of sp³-hybridized carbons (Fsp3) is 0.167. The number of hydrogen-bond donors (Lipinski definition) is 2. The summed E-state index contributed by atoms with van der Waals surface area (Å²) in [6.07, 6.45) is 3.40. The van der Waals surface area contributed by atoms with Gasteiger partial charge in [-0.15, -0.1) is 0 Å². The lowest BCUT2D eigenvalue weighted by Gasteiger charge is -2.12. The molecule has 1 amide bonds. The molecule has 1 atom stereocenters. The second-order valence-corrected chi connectivity index (χ2v) is 4.67. The third-order valence-electron chi connectivity index (χ3n) is 2.55. The number of benzene rings is 1. The van der Waals surface area contributed by atoms with Crippen molar-refractivity contribution < 1.29 is 4.79 Å². The van der Waals surface area contributed by atoms with Crippen LogP contribution in [-0.2, 0) is 0 Å². The number of carbonyl (C=O) groups excluding carboxylic acids is 1. The monoisotopic (exact) mass is 283 g/mol. The zero-order valence-electron chi connectivity index (χ0n) is 9.58. The van der Waals surface area contributed by atoms with E-state index in [0.717, 1.165) is 5.56 Å². The highest BCUT2D eigenvalue weighted by Gasteiger charge is 2.13. The molecule has 0 spiro atoms. The number of amides is 1. The molecule has 1 aromatic heterocycles. The van der Waals surface area contributed by atoms with Crippen molar-refractivity contribution in [3.63, 3.8) is 0 Å². The second kappa shape index (κ2) is 5.42. The van der Waals surface area contributed by atoms with Gasteiger partial charge in [-0.3, -0.25) is 9.89 Å². The average Bonchev–Trinajstić information content (AvgIpc) is 2.86. The van der Waals surface area contributed by atoms with Gasteiger partial charge in [-0.1, -0.05) is 23.2 Å².